The molecule has 0 aromatic rings. The second kappa shape index (κ2) is 8.33. The predicted molar refractivity (Wildman–Crippen MR) is 95.9 cm³/mol. The van der Waals surface area contributed by atoms with Gasteiger partial charge in [0, 0.05) is 28.0 Å². The van der Waals surface area contributed by atoms with Gasteiger partial charge in [0.25, 0.3) is 0 Å². The van der Waals surface area contributed by atoms with Crippen LogP contribution in [0.4, 0.5) is 0 Å². The van der Waals surface area contributed by atoms with E-state index in [-0.39, 0.29) is 0 Å². The van der Waals surface area contributed by atoms with E-state index in [4.69, 9.17) is 0 Å². The van der Waals surface area contributed by atoms with Crippen molar-refractivity contribution in [2.75, 3.05) is 18.1 Å². The first-order chi connectivity index (χ1) is 9.65. The van der Waals surface area contributed by atoms with Gasteiger partial charge in [-0.15, -0.1) is 0 Å². The average Bonchev–Trinajstić information content (AvgIpc) is 2.43. The van der Waals surface area contributed by atoms with Crippen molar-refractivity contribution in [1.82, 2.24) is 5.32 Å². The number of nitrogens with one attached hydrogen (secondary N) is 1. The summed E-state index contributed by atoms with van der Waals surface area (Å²) in [6.07, 6.45) is 5.67. The summed E-state index contributed by atoms with van der Waals surface area (Å²) < 4.78 is 0. The highest BCUT2D eigenvalue weighted by molar-refractivity contribution is 8.07. The van der Waals surface area contributed by atoms with Gasteiger partial charge >= 0.3 is 0 Å². The quantitative estimate of drug-likeness (QED) is 0.792. The maximum Gasteiger partial charge on any atom is 0.0322 e. The first kappa shape index (κ1) is 17.0. The Labute approximate surface area is 134 Å². The highest BCUT2D eigenvalue weighted by atomic mass is 32.2. The van der Waals surface area contributed by atoms with Gasteiger partial charge in [-0.2, -0.15) is 23.5 Å². The van der Waals surface area contributed by atoms with E-state index in [0.29, 0.717) is 0 Å². The third-order valence-electron chi connectivity index (χ3n) is 5.01. The Bertz CT molecular complexity index is 274. The topological polar surface area (TPSA) is 12.0 Å². The van der Waals surface area contributed by atoms with E-state index >= 15 is 0 Å². The average molecular weight is 316 g/mol. The van der Waals surface area contributed by atoms with Gasteiger partial charge in [0.1, 0.15) is 0 Å². The van der Waals surface area contributed by atoms with Crippen LogP contribution in [0.3, 0.4) is 0 Å². The van der Waals surface area contributed by atoms with Crippen molar-refractivity contribution in [2.24, 2.45) is 17.8 Å². The molecule has 118 valence electrons. The monoisotopic (exact) mass is 315 g/mol. The zero-order valence-corrected chi connectivity index (χ0v) is 15.4. The summed E-state index contributed by atoms with van der Waals surface area (Å²) in [6, 6.07) is 0.743. The van der Waals surface area contributed by atoms with Crippen LogP contribution < -0.4 is 5.32 Å². The Balaban J connectivity index is 2.08. The molecular weight excluding hydrogens is 282 g/mol. The van der Waals surface area contributed by atoms with Gasteiger partial charge in [-0.05, 0) is 50.0 Å². The fraction of sp³-hybridized carbons (Fsp3) is 1.00. The molecule has 2 aliphatic rings. The van der Waals surface area contributed by atoms with E-state index in [1.807, 2.05) is 0 Å². The molecule has 5 unspecified atom stereocenters. The van der Waals surface area contributed by atoms with Crippen molar-refractivity contribution in [3.05, 3.63) is 0 Å². The Morgan fingerprint density at radius 1 is 1.00 bits per heavy atom. The van der Waals surface area contributed by atoms with Gasteiger partial charge in [0.05, 0.1) is 0 Å². The number of thioether (sulfide) groups is 2. The zero-order chi connectivity index (χ0) is 14.5. The smallest absolute Gasteiger partial charge is 0.0322 e. The molecule has 2 fully saturated rings. The lowest BCUT2D eigenvalue weighted by Crippen LogP contribution is -2.51. The maximum absolute atomic E-state index is 3.89. The molecule has 1 heterocycles. The minimum Gasteiger partial charge on any atom is -0.313 e. The molecule has 0 amide bonds. The molecule has 0 radical (unpaired) electrons. The molecule has 3 heteroatoms. The zero-order valence-electron chi connectivity index (χ0n) is 13.7. The standard InChI is InChI=1S/C17H33NS2/c1-5-15-17(20-8-7-19-15)16(18-6-2)14-10-12(3)9-13(4)11-14/h12-18H,5-11H2,1-4H3. The Hall–Kier alpha value is 0.660. The van der Waals surface area contributed by atoms with Crippen LogP contribution in [0.5, 0.6) is 0 Å². The third kappa shape index (κ3) is 4.33. The first-order valence-electron chi connectivity index (χ1n) is 8.62. The molecule has 1 saturated carbocycles. The number of rotatable bonds is 5. The van der Waals surface area contributed by atoms with Crippen LogP contribution in [0.1, 0.15) is 53.4 Å². The third-order valence-corrected chi connectivity index (χ3v) is 8.38. The number of hydrogen-bond acceptors (Lipinski definition) is 3. The molecule has 1 saturated heterocycles. The van der Waals surface area contributed by atoms with Gasteiger partial charge in [-0.1, -0.05) is 27.7 Å². The van der Waals surface area contributed by atoms with Crippen LogP contribution in [0.2, 0.25) is 0 Å². The normalized spacial score (nSPS) is 40.5. The molecule has 1 aliphatic carbocycles. The van der Waals surface area contributed by atoms with E-state index in [1.54, 1.807) is 0 Å². The molecule has 1 N–H and O–H groups in total. The van der Waals surface area contributed by atoms with Crippen LogP contribution in [0.25, 0.3) is 0 Å². The van der Waals surface area contributed by atoms with Crippen molar-refractivity contribution < 1.29 is 0 Å². The fourth-order valence-corrected chi connectivity index (χ4v) is 7.70. The second-order valence-corrected chi connectivity index (χ2v) is 9.55. The van der Waals surface area contributed by atoms with E-state index in [9.17, 15) is 0 Å². The Morgan fingerprint density at radius 3 is 2.25 bits per heavy atom. The van der Waals surface area contributed by atoms with Crippen LogP contribution in [0, 0.1) is 17.8 Å². The van der Waals surface area contributed by atoms with E-state index in [1.165, 1.54) is 37.2 Å². The summed E-state index contributed by atoms with van der Waals surface area (Å²) in [5.41, 5.74) is 0. The predicted octanol–water partition coefficient (Wildman–Crippen LogP) is 4.66. The molecule has 0 spiro atoms. The van der Waals surface area contributed by atoms with Crippen molar-refractivity contribution in [3.8, 4) is 0 Å². The molecular formula is C17H33NS2. The van der Waals surface area contributed by atoms with Crippen molar-refractivity contribution in [3.63, 3.8) is 0 Å². The molecule has 1 nitrogen and oxygen atoms in total. The molecule has 5 atom stereocenters. The highest BCUT2D eigenvalue weighted by Crippen LogP contribution is 2.42. The Kier molecular flexibility index (Phi) is 7.09. The molecule has 1 aliphatic heterocycles. The summed E-state index contributed by atoms with van der Waals surface area (Å²) in [6.45, 7) is 10.7. The Morgan fingerprint density at radius 2 is 1.65 bits per heavy atom. The summed E-state index contributed by atoms with van der Waals surface area (Å²) in [4.78, 5) is 0. The summed E-state index contributed by atoms with van der Waals surface area (Å²) in [5.74, 6) is 5.46. The summed E-state index contributed by atoms with van der Waals surface area (Å²) in [5, 5.41) is 5.59. The highest BCUT2D eigenvalue weighted by Gasteiger charge is 2.38. The van der Waals surface area contributed by atoms with Crippen LogP contribution in [-0.2, 0) is 0 Å². The lowest BCUT2D eigenvalue weighted by molar-refractivity contribution is 0.174. The van der Waals surface area contributed by atoms with Crippen molar-refractivity contribution >= 4 is 23.5 Å². The largest absolute Gasteiger partial charge is 0.313 e. The van der Waals surface area contributed by atoms with Gasteiger partial charge in [0.2, 0.25) is 0 Å². The summed E-state index contributed by atoms with van der Waals surface area (Å²) in [7, 11) is 0. The first-order valence-corrected chi connectivity index (χ1v) is 10.7. The van der Waals surface area contributed by atoms with Gasteiger partial charge in [-0.3, -0.25) is 0 Å². The molecule has 0 aromatic carbocycles. The maximum atomic E-state index is 3.89. The van der Waals surface area contributed by atoms with Crippen LogP contribution >= 0.6 is 23.5 Å². The van der Waals surface area contributed by atoms with Crippen molar-refractivity contribution in [2.45, 2.75) is 69.9 Å². The SMILES string of the molecule is CCNC(C1CC(C)CC(C)C1)C1SCCSC1CC. The fourth-order valence-electron chi connectivity index (χ4n) is 4.36. The minimum atomic E-state index is 0.743. The minimum absolute atomic E-state index is 0.743. The molecule has 20 heavy (non-hydrogen) atoms. The summed E-state index contributed by atoms with van der Waals surface area (Å²) >= 11 is 4.49. The molecule has 0 aromatic heterocycles. The van der Waals surface area contributed by atoms with Crippen molar-refractivity contribution in [1.29, 1.82) is 0 Å². The number of hydrogen-bond donors (Lipinski definition) is 1. The lowest BCUT2D eigenvalue weighted by atomic mass is 9.72. The van der Waals surface area contributed by atoms with E-state index in [2.05, 4.69) is 56.5 Å². The van der Waals surface area contributed by atoms with Gasteiger partial charge in [0.15, 0.2) is 0 Å². The van der Waals surface area contributed by atoms with Crippen LogP contribution in [-0.4, -0.2) is 34.6 Å². The molecule has 2 rings (SSSR count). The van der Waals surface area contributed by atoms with Crippen LogP contribution in [0.15, 0.2) is 0 Å². The van der Waals surface area contributed by atoms with E-state index in [0.717, 1.165) is 40.8 Å². The lowest BCUT2D eigenvalue weighted by Gasteiger charge is -2.44. The second-order valence-electron chi connectivity index (χ2n) is 6.91. The van der Waals surface area contributed by atoms with Gasteiger partial charge < -0.3 is 5.32 Å². The van der Waals surface area contributed by atoms with Gasteiger partial charge in [-0.25, -0.2) is 0 Å². The molecule has 0 bridgehead atoms. The van der Waals surface area contributed by atoms with E-state index < -0.39 is 0 Å².